The molecule has 0 saturated carbocycles. The van der Waals surface area contributed by atoms with Crippen molar-refractivity contribution in [2.45, 2.75) is 44.4 Å². The van der Waals surface area contributed by atoms with Gasteiger partial charge in [0.15, 0.2) is 0 Å². The van der Waals surface area contributed by atoms with Crippen molar-refractivity contribution >= 4 is 11.9 Å². The lowest BCUT2D eigenvalue weighted by Crippen LogP contribution is -2.55. The van der Waals surface area contributed by atoms with E-state index in [0.717, 1.165) is 17.5 Å². The predicted octanol–water partition coefficient (Wildman–Crippen LogP) is 1.59. The molecule has 1 fully saturated rings. The van der Waals surface area contributed by atoms with Crippen LogP contribution in [0.5, 0.6) is 0 Å². The summed E-state index contributed by atoms with van der Waals surface area (Å²) in [5.74, 6) is -1.17. The number of hydrogen-bond acceptors (Lipinski definition) is 3. The van der Waals surface area contributed by atoms with Gasteiger partial charge in [0.2, 0.25) is 0 Å². The topological polar surface area (TPSA) is 66.8 Å². The molecule has 5 nitrogen and oxygen atoms in total. The van der Waals surface area contributed by atoms with Gasteiger partial charge in [-0.3, -0.25) is 4.79 Å². The molecule has 21 heavy (non-hydrogen) atoms. The number of nitrogens with zero attached hydrogens (tertiary/aromatic N) is 1. The molecule has 1 N–H and O–H groups in total. The van der Waals surface area contributed by atoms with Crippen LogP contribution in [-0.4, -0.2) is 40.1 Å². The number of carboxylic acid groups (broad SMARTS) is 1. The number of fused-ring (bicyclic) bond motifs is 1. The number of carbonyl (C=O) groups excluding carboxylic acids is 1. The Bertz CT molecular complexity index is 577. The molecule has 2 atom stereocenters. The average Bonchev–Trinajstić information content (AvgIpc) is 2.93. The minimum Gasteiger partial charge on any atom is -0.480 e. The molecule has 0 bridgehead atoms. The third kappa shape index (κ3) is 2.42. The van der Waals surface area contributed by atoms with Crippen LogP contribution in [0, 0.1) is 0 Å². The van der Waals surface area contributed by atoms with E-state index in [4.69, 9.17) is 4.74 Å². The highest BCUT2D eigenvalue weighted by molar-refractivity contribution is 5.90. The van der Waals surface area contributed by atoms with Gasteiger partial charge < -0.3 is 14.7 Å². The van der Waals surface area contributed by atoms with Gasteiger partial charge in [-0.25, -0.2) is 4.79 Å². The van der Waals surface area contributed by atoms with Gasteiger partial charge in [0.1, 0.15) is 11.6 Å². The van der Waals surface area contributed by atoms with Gasteiger partial charge in [-0.2, -0.15) is 0 Å². The van der Waals surface area contributed by atoms with Crippen LogP contribution >= 0.6 is 0 Å². The first-order chi connectivity index (χ1) is 10.0. The van der Waals surface area contributed by atoms with E-state index >= 15 is 0 Å². The summed E-state index contributed by atoms with van der Waals surface area (Å²) in [5.41, 5.74) is 1.15. The Hall–Kier alpha value is -1.88. The molecule has 3 rings (SSSR count). The van der Waals surface area contributed by atoms with Crippen molar-refractivity contribution in [3.8, 4) is 0 Å². The van der Waals surface area contributed by atoms with Crippen molar-refractivity contribution in [3.05, 3.63) is 35.4 Å². The van der Waals surface area contributed by atoms with Gasteiger partial charge in [-0.1, -0.05) is 24.3 Å². The van der Waals surface area contributed by atoms with E-state index in [2.05, 4.69) is 0 Å². The van der Waals surface area contributed by atoms with Gasteiger partial charge in [0.05, 0.1) is 0 Å². The summed E-state index contributed by atoms with van der Waals surface area (Å²) < 4.78 is 5.59. The lowest BCUT2D eigenvalue weighted by atomic mass is 9.91. The molecule has 112 valence electrons. The van der Waals surface area contributed by atoms with Crippen LogP contribution in [0.25, 0.3) is 0 Å². The van der Waals surface area contributed by atoms with Crippen molar-refractivity contribution in [1.29, 1.82) is 0 Å². The average molecular weight is 289 g/mol. The van der Waals surface area contributed by atoms with Crippen LogP contribution in [0.1, 0.15) is 30.9 Å². The standard InChI is InChI=1S/C16H19NO4/c1-16(7-4-8-21-16)15(20)17-10-12-6-3-2-5-11(12)9-13(17)14(18)19/h2-3,5-6,13H,4,7-10H2,1H3,(H,18,19)/t13-,16?/m1/s1. The summed E-state index contributed by atoms with van der Waals surface area (Å²) in [6.45, 7) is 2.66. The number of aliphatic carboxylic acids is 1. The maximum absolute atomic E-state index is 12.8. The molecular formula is C16H19NO4. The van der Waals surface area contributed by atoms with Gasteiger partial charge in [-0.15, -0.1) is 0 Å². The Kier molecular flexibility index (Phi) is 3.45. The van der Waals surface area contributed by atoms with E-state index < -0.39 is 17.6 Å². The molecule has 1 saturated heterocycles. The molecule has 2 heterocycles. The zero-order valence-corrected chi connectivity index (χ0v) is 12.0. The number of carbonyl (C=O) groups is 2. The highest BCUT2D eigenvalue weighted by atomic mass is 16.5. The third-order valence-corrected chi connectivity index (χ3v) is 4.47. The first kappa shape index (κ1) is 14.1. The SMILES string of the molecule is CC1(C(=O)N2Cc3ccccc3C[C@@H]2C(=O)O)CCCO1. The van der Waals surface area contributed by atoms with Gasteiger partial charge >= 0.3 is 5.97 Å². The Morgan fingerprint density at radius 2 is 2.05 bits per heavy atom. The van der Waals surface area contributed by atoms with E-state index in [1.54, 1.807) is 6.92 Å². The highest BCUT2D eigenvalue weighted by Gasteiger charge is 2.45. The minimum absolute atomic E-state index is 0.207. The number of rotatable bonds is 2. The van der Waals surface area contributed by atoms with Crippen LogP contribution in [0.3, 0.4) is 0 Å². The van der Waals surface area contributed by atoms with E-state index in [9.17, 15) is 14.7 Å². The summed E-state index contributed by atoms with van der Waals surface area (Å²) in [7, 11) is 0. The van der Waals surface area contributed by atoms with Gasteiger partial charge in [0.25, 0.3) is 5.91 Å². The lowest BCUT2D eigenvalue weighted by Gasteiger charge is -2.38. The quantitative estimate of drug-likeness (QED) is 0.898. The van der Waals surface area contributed by atoms with Crippen LogP contribution in [0.15, 0.2) is 24.3 Å². The maximum Gasteiger partial charge on any atom is 0.326 e. The fourth-order valence-electron chi connectivity index (χ4n) is 3.21. The molecule has 0 aliphatic carbocycles. The van der Waals surface area contributed by atoms with Crippen LogP contribution in [-0.2, 0) is 27.3 Å². The molecule has 1 amide bonds. The van der Waals surface area contributed by atoms with Crippen molar-refractivity contribution in [1.82, 2.24) is 4.90 Å². The summed E-state index contributed by atoms with van der Waals surface area (Å²) in [6, 6.07) is 6.88. The molecule has 2 aliphatic heterocycles. The normalized spacial score (nSPS) is 28.2. The van der Waals surface area contributed by atoms with Crippen LogP contribution < -0.4 is 0 Å². The predicted molar refractivity (Wildman–Crippen MR) is 75.7 cm³/mol. The first-order valence-corrected chi connectivity index (χ1v) is 7.26. The first-order valence-electron chi connectivity index (χ1n) is 7.26. The summed E-state index contributed by atoms with van der Waals surface area (Å²) in [6.07, 6.45) is 1.84. The molecule has 1 unspecified atom stereocenters. The minimum atomic E-state index is -0.959. The van der Waals surface area contributed by atoms with E-state index in [-0.39, 0.29) is 5.91 Å². The van der Waals surface area contributed by atoms with Crippen LogP contribution in [0.2, 0.25) is 0 Å². The number of benzene rings is 1. The van der Waals surface area contributed by atoms with Gasteiger partial charge in [-0.05, 0) is 30.9 Å². The molecule has 0 aromatic heterocycles. The van der Waals surface area contributed by atoms with Crippen LogP contribution in [0.4, 0.5) is 0 Å². The largest absolute Gasteiger partial charge is 0.480 e. The van der Waals surface area contributed by atoms with Gasteiger partial charge in [0, 0.05) is 19.6 Å². The second-order valence-electron chi connectivity index (χ2n) is 5.94. The summed E-state index contributed by atoms with van der Waals surface area (Å²) >= 11 is 0. The number of ether oxygens (including phenoxy) is 1. The monoisotopic (exact) mass is 289 g/mol. The molecule has 0 radical (unpaired) electrons. The van der Waals surface area contributed by atoms with Crippen molar-refractivity contribution < 1.29 is 19.4 Å². The summed E-state index contributed by atoms with van der Waals surface area (Å²) in [5, 5.41) is 9.48. The Balaban J connectivity index is 1.92. The number of amides is 1. The van der Waals surface area contributed by atoms with E-state index in [1.165, 1.54) is 4.90 Å². The molecule has 1 aromatic rings. The number of hydrogen-bond donors (Lipinski definition) is 1. The smallest absolute Gasteiger partial charge is 0.326 e. The zero-order valence-electron chi connectivity index (χ0n) is 12.0. The Morgan fingerprint density at radius 1 is 1.33 bits per heavy atom. The molecular weight excluding hydrogens is 270 g/mol. The second kappa shape index (κ2) is 5.15. The van der Waals surface area contributed by atoms with E-state index in [0.29, 0.717) is 26.0 Å². The van der Waals surface area contributed by atoms with Crippen molar-refractivity contribution in [2.75, 3.05) is 6.61 Å². The van der Waals surface area contributed by atoms with Crippen molar-refractivity contribution in [3.63, 3.8) is 0 Å². The van der Waals surface area contributed by atoms with Crippen molar-refractivity contribution in [2.24, 2.45) is 0 Å². The fraction of sp³-hybridized carbons (Fsp3) is 0.500. The third-order valence-electron chi connectivity index (χ3n) is 4.47. The molecule has 5 heteroatoms. The Labute approximate surface area is 123 Å². The molecule has 1 aromatic carbocycles. The van der Waals surface area contributed by atoms with E-state index in [1.807, 2.05) is 24.3 Å². The Morgan fingerprint density at radius 3 is 2.67 bits per heavy atom. The fourth-order valence-corrected chi connectivity index (χ4v) is 3.21. The number of carboxylic acids is 1. The maximum atomic E-state index is 12.8. The molecule has 2 aliphatic rings. The summed E-state index contributed by atoms with van der Waals surface area (Å²) in [4.78, 5) is 25.8. The lowest BCUT2D eigenvalue weighted by molar-refractivity contribution is -0.162. The highest BCUT2D eigenvalue weighted by Crippen LogP contribution is 2.31. The second-order valence-corrected chi connectivity index (χ2v) is 5.94. The molecule has 0 spiro atoms. The zero-order chi connectivity index (χ0) is 15.0.